The summed E-state index contributed by atoms with van der Waals surface area (Å²) in [6.45, 7) is -0.0695. The van der Waals surface area contributed by atoms with Crippen LogP contribution in [0.2, 0.25) is 0 Å². The monoisotopic (exact) mass is 744 g/mol. The Labute approximate surface area is 234 Å². The van der Waals surface area contributed by atoms with Crippen LogP contribution in [-0.4, -0.2) is 49.6 Å². The van der Waals surface area contributed by atoms with Crippen molar-refractivity contribution in [3.05, 3.63) is 95.2 Å². The number of nitrogens with one attached hydrogen (secondary N) is 1. The average molecular weight is 744 g/mol. The van der Waals surface area contributed by atoms with Gasteiger partial charge in [0.05, 0.1) is 0 Å². The van der Waals surface area contributed by atoms with Gasteiger partial charge < -0.3 is 0 Å². The Kier molecular flexibility index (Phi) is 9.85. The van der Waals surface area contributed by atoms with E-state index in [9.17, 15) is 14.3 Å². The molecule has 0 saturated heterocycles. The molecule has 0 bridgehead atoms. The quantitative estimate of drug-likeness (QED) is 0.181. The van der Waals surface area contributed by atoms with Crippen molar-refractivity contribution in [1.82, 2.24) is 7.69 Å². The maximum atomic E-state index is 15.4. The van der Waals surface area contributed by atoms with Gasteiger partial charge in [0.2, 0.25) is 0 Å². The van der Waals surface area contributed by atoms with Crippen molar-refractivity contribution in [3.8, 4) is 17.6 Å². The molecule has 190 valence electrons. The fourth-order valence-corrected chi connectivity index (χ4v) is 11.5. The summed E-state index contributed by atoms with van der Waals surface area (Å²) in [6, 6.07) is 17.6. The fraction of sp³-hybridized carbons (Fsp3) is 0.154. The standard InChI is InChI=1S/C26H20F2N3O4.PS.Tl/c27-22-7-6-19(10-17(22)13-29)35-25-21(20-8-9-30-24(20)12-23(25)28)11-18(32)14-31-26(33)34-15-16-4-2-1-3-5-16;1-2;/h1-10,12,18,32H,11,14-15H2,(H,31,33);;/q2*-1;+3. The number of nitrogens with zero attached hydrogens (tertiary/aromatic N) is 2. The van der Waals surface area contributed by atoms with Crippen LogP contribution in [-0.2, 0) is 29.6 Å². The van der Waals surface area contributed by atoms with Gasteiger partial charge in [-0.25, -0.2) is 0 Å². The number of aromatic nitrogens is 1. The van der Waals surface area contributed by atoms with Crippen LogP contribution in [0, 0.1) is 23.0 Å². The normalized spacial score (nSPS) is 11.3. The number of amides is 1. The van der Waals surface area contributed by atoms with E-state index < -0.39 is 47.2 Å². The fourth-order valence-electron chi connectivity index (χ4n) is 3.84. The van der Waals surface area contributed by atoms with E-state index in [1.165, 1.54) is 18.2 Å². The third kappa shape index (κ3) is 6.96. The second-order valence-electron chi connectivity index (χ2n) is 8.20. The molecule has 0 aliphatic heterocycles. The summed E-state index contributed by atoms with van der Waals surface area (Å²) in [5.41, 5.74) is 1.60. The third-order valence-electron chi connectivity index (χ3n) is 5.62. The van der Waals surface area contributed by atoms with Crippen LogP contribution in [0.15, 0.2) is 66.9 Å². The summed E-state index contributed by atoms with van der Waals surface area (Å²) < 4.78 is 43.0. The minimum absolute atomic E-state index is 0.0558. The van der Waals surface area contributed by atoms with E-state index in [0.29, 0.717) is 16.5 Å². The Balaban J connectivity index is 1.57. The summed E-state index contributed by atoms with van der Waals surface area (Å²) in [7, 11) is 0. The van der Waals surface area contributed by atoms with E-state index >= 15 is 4.39 Å². The van der Waals surface area contributed by atoms with E-state index in [4.69, 9.17) is 26.5 Å². The zero-order chi connectivity index (χ0) is 27.1. The van der Waals surface area contributed by atoms with Crippen LogP contribution in [0.25, 0.3) is 10.9 Å². The van der Waals surface area contributed by atoms with Crippen molar-refractivity contribution in [2.75, 3.05) is 6.54 Å². The summed E-state index contributed by atoms with van der Waals surface area (Å²) in [5.74, 6) is -1.47. The van der Waals surface area contributed by atoms with Gasteiger partial charge in [-0.05, 0) is 0 Å². The van der Waals surface area contributed by atoms with E-state index in [2.05, 4.69) is 5.32 Å². The van der Waals surface area contributed by atoms with Gasteiger partial charge in [0, 0.05) is 0 Å². The Morgan fingerprint density at radius 2 is 1.97 bits per heavy atom. The molecule has 1 unspecified atom stereocenters. The first kappa shape index (κ1) is 28.2. The number of benzene rings is 3. The number of hydrogen-bond acceptors (Lipinski definition) is 6. The molecular weight excluding hydrogens is 724 g/mol. The van der Waals surface area contributed by atoms with Gasteiger partial charge in [0.15, 0.2) is 0 Å². The number of aliphatic hydroxyl groups excluding tert-OH is 1. The van der Waals surface area contributed by atoms with Crippen molar-refractivity contribution in [1.29, 1.82) is 5.26 Å². The predicted molar refractivity (Wildman–Crippen MR) is 143 cm³/mol. The number of alkyl carbamates (subject to hydrolysis) is 1. The average Bonchev–Trinajstić information content (AvgIpc) is 3.32. The number of nitriles is 1. The van der Waals surface area contributed by atoms with Gasteiger partial charge in [0.25, 0.3) is 0 Å². The van der Waals surface area contributed by atoms with E-state index in [1.54, 1.807) is 6.07 Å². The van der Waals surface area contributed by atoms with Gasteiger partial charge in [-0.2, -0.15) is 0 Å². The van der Waals surface area contributed by atoms with Gasteiger partial charge in [0.1, 0.15) is 0 Å². The first-order valence-electron chi connectivity index (χ1n) is 11.4. The molecule has 0 spiro atoms. The minimum atomic E-state index is -1.56. The van der Waals surface area contributed by atoms with Crippen LogP contribution < -0.4 is 10.1 Å². The Hall–Kier alpha value is -2.85. The summed E-state index contributed by atoms with van der Waals surface area (Å²) in [5, 5.41) is 23.1. The number of hydrogen-bond donors (Lipinski definition) is 2. The van der Waals surface area contributed by atoms with Crippen molar-refractivity contribution in [2.24, 2.45) is 0 Å². The van der Waals surface area contributed by atoms with Crippen molar-refractivity contribution < 1.29 is 28.2 Å². The van der Waals surface area contributed by atoms with Crippen LogP contribution >= 0.6 is 4.00 Å². The third-order valence-corrected chi connectivity index (χ3v) is 14.2. The molecule has 4 aromatic rings. The first-order chi connectivity index (χ1) is 18.4. The molecule has 12 heteroatoms. The molecule has 0 radical (unpaired) electrons. The van der Waals surface area contributed by atoms with Gasteiger partial charge in [-0.3, -0.25) is 0 Å². The van der Waals surface area contributed by atoms with Crippen molar-refractivity contribution in [3.63, 3.8) is 0 Å². The zero-order valence-electron chi connectivity index (χ0n) is 19.8. The number of fused-ring (bicyclic) bond motifs is 1. The molecule has 3 aromatic carbocycles. The topological polar surface area (TPSA) is 96.5 Å². The second kappa shape index (κ2) is 13.3. The van der Waals surface area contributed by atoms with E-state index in [0.717, 1.165) is 15.6 Å². The van der Waals surface area contributed by atoms with E-state index in [-0.39, 0.29) is 36.6 Å². The molecular formula is C26H20F2N3O4PSTl+. The van der Waals surface area contributed by atoms with Crippen molar-refractivity contribution in [2.45, 2.75) is 19.1 Å². The van der Waals surface area contributed by atoms with Gasteiger partial charge >= 0.3 is 205 Å². The number of ether oxygens (including phenoxy) is 2. The van der Waals surface area contributed by atoms with Gasteiger partial charge in [-0.1, -0.05) is 30.3 Å². The molecule has 38 heavy (non-hydrogen) atoms. The van der Waals surface area contributed by atoms with Crippen molar-refractivity contribution >= 4 is 56.2 Å². The second-order valence-corrected chi connectivity index (χ2v) is 21.5. The Morgan fingerprint density at radius 1 is 1.18 bits per heavy atom. The number of carbonyl (C=O) groups is 1. The number of rotatable bonds is 9. The Bertz CT molecular complexity index is 1570. The molecule has 1 heterocycles. The van der Waals surface area contributed by atoms with Gasteiger partial charge in [-0.15, -0.1) is 0 Å². The van der Waals surface area contributed by atoms with Crippen LogP contribution in [0.4, 0.5) is 13.6 Å². The molecule has 0 aliphatic carbocycles. The molecule has 4 rings (SSSR count). The van der Waals surface area contributed by atoms with Crippen LogP contribution in [0.3, 0.4) is 0 Å². The van der Waals surface area contributed by atoms with Crippen LogP contribution in [0.1, 0.15) is 16.7 Å². The molecule has 1 amide bonds. The summed E-state index contributed by atoms with van der Waals surface area (Å²) >= 11 is 3.57. The molecule has 7 nitrogen and oxygen atoms in total. The maximum absolute atomic E-state index is 15.4. The molecule has 0 fully saturated rings. The summed E-state index contributed by atoms with van der Waals surface area (Å²) in [6.07, 6.45) is -0.00433. The number of aliphatic hydroxyl groups is 1. The summed E-state index contributed by atoms with van der Waals surface area (Å²) in [4.78, 5) is 12.1. The van der Waals surface area contributed by atoms with Crippen LogP contribution in [0.5, 0.6) is 11.5 Å². The predicted octanol–water partition coefficient (Wildman–Crippen LogP) is 5.20. The first-order valence-corrected chi connectivity index (χ1v) is 21.4. The molecule has 0 saturated carbocycles. The van der Waals surface area contributed by atoms with E-state index in [1.807, 2.05) is 45.0 Å². The number of carbonyl (C=O) groups excluding carboxylic acids is 1. The molecule has 1 atom stereocenters. The SMILES string of the molecule is N#Cc1cc(Oc2c(F)cc3c(cc[n]3[Tl]=[P+]=S)c2CC(O)CNC(=O)OCc2ccccc2)ccc1F. The molecule has 2 N–H and O–H groups in total. The molecule has 1 aromatic heterocycles. The molecule has 0 aliphatic rings. The Morgan fingerprint density at radius 3 is 2.71 bits per heavy atom. The number of halogens is 2. The zero-order valence-corrected chi connectivity index (χ0v) is 26.0.